The molecule has 1 aliphatic carbocycles. The third-order valence-electron chi connectivity index (χ3n) is 4.04. The van der Waals surface area contributed by atoms with E-state index in [1.165, 1.54) is 19.3 Å². The van der Waals surface area contributed by atoms with Gasteiger partial charge in [0.2, 0.25) is 5.89 Å². The highest BCUT2D eigenvalue weighted by atomic mass is 16.5. The molecule has 1 N–H and O–H groups in total. The Morgan fingerprint density at radius 2 is 2.18 bits per heavy atom. The molecular weight excluding hydrogens is 218 g/mol. The smallest absolute Gasteiger partial charge is 0.240 e. The second-order valence-electron chi connectivity index (χ2n) is 5.42. The van der Waals surface area contributed by atoms with Crippen molar-refractivity contribution in [3.05, 3.63) is 11.7 Å². The standard InChI is InChI=1S/C12H17N3O2/c1-2-7(1)13-6-11-14-12(15-17-11)9-5-8-3-4-10(9)16-8/h7-10,13H,1-6H2. The number of aromatic nitrogens is 2. The van der Waals surface area contributed by atoms with E-state index in [1.54, 1.807) is 0 Å². The molecule has 2 saturated heterocycles. The van der Waals surface area contributed by atoms with Crippen molar-refractivity contribution in [2.24, 2.45) is 0 Å². The predicted molar refractivity (Wildman–Crippen MR) is 59.4 cm³/mol. The fourth-order valence-corrected chi connectivity index (χ4v) is 2.92. The van der Waals surface area contributed by atoms with Gasteiger partial charge in [-0.1, -0.05) is 5.16 Å². The van der Waals surface area contributed by atoms with Crippen LogP contribution in [0, 0.1) is 0 Å². The van der Waals surface area contributed by atoms with Crippen LogP contribution < -0.4 is 5.32 Å². The maximum atomic E-state index is 5.82. The average molecular weight is 235 g/mol. The van der Waals surface area contributed by atoms with Gasteiger partial charge < -0.3 is 14.6 Å². The topological polar surface area (TPSA) is 60.2 Å². The molecule has 17 heavy (non-hydrogen) atoms. The summed E-state index contributed by atoms with van der Waals surface area (Å²) in [6, 6.07) is 0.677. The largest absolute Gasteiger partial charge is 0.374 e. The highest BCUT2D eigenvalue weighted by Crippen LogP contribution is 2.43. The van der Waals surface area contributed by atoms with Gasteiger partial charge in [0.25, 0.3) is 0 Å². The summed E-state index contributed by atoms with van der Waals surface area (Å²) in [5, 5.41) is 7.49. The fraction of sp³-hybridized carbons (Fsp3) is 0.833. The molecule has 1 saturated carbocycles. The van der Waals surface area contributed by atoms with Gasteiger partial charge in [0.1, 0.15) is 0 Å². The summed E-state index contributed by atoms with van der Waals surface area (Å²) >= 11 is 0. The number of hydrogen-bond acceptors (Lipinski definition) is 5. The van der Waals surface area contributed by atoms with Crippen LogP contribution in [0.5, 0.6) is 0 Å². The molecule has 3 fully saturated rings. The Morgan fingerprint density at radius 3 is 2.88 bits per heavy atom. The van der Waals surface area contributed by atoms with Crippen molar-refractivity contribution in [2.45, 2.75) is 62.8 Å². The molecule has 5 heteroatoms. The molecule has 3 heterocycles. The molecule has 5 nitrogen and oxygen atoms in total. The molecule has 2 bridgehead atoms. The summed E-state index contributed by atoms with van der Waals surface area (Å²) in [5.74, 6) is 1.94. The number of rotatable bonds is 4. The molecule has 0 aromatic carbocycles. The molecule has 0 spiro atoms. The van der Waals surface area contributed by atoms with Crippen molar-refractivity contribution in [2.75, 3.05) is 0 Å². The first-order valence-electron chi connectivity index (χ1n) is 6.60. The van der Waals surface area contributed by atoms with Gasteiger partial charge in [0.15, 0.2) is 5.82 Å². The molecule has 3 atom stereocenters. The van der Waals surface area contributed by atoms with Gasteiger partial charge in [-0.2, -0.15) is 4.98 Å². The van der Waals surface area contributed by atoms with Crippen molar-refractivity contribution >= 4 is 0 Å². The Bertz CT molecular complexity index is 416. The maximum Gasteiger partial charge on any atom is 0.240 e. The quantitative estimate of drug-likeness (QED) is 0.853. The number of nitrogens with one attached hydrogen (secondary N) is 1. The number of nitrogens with zero attached hydrogens (tertiary/aromatic N) is 2. The molecule has 4 rings (SSSR count). The third-order valence-corrected chi connectivity index (χ3v) is 4.04. The van der Waals surface area contributed by atoms with Crippen LogP contribution in [-0.2, 0) is 11.3 Å². The van der Waals surface area contributed by atoms with Gasteiger partial charge >= 0.3 is 0 Å². The minimum absolute atomic E-state index is 0.335. The van der Waals surface area contributed by atoms with Crippen LogP contribution in [0.4, 0.5) is 0 Å². The highest BCUT2D eigenvalue weighted by Gasteiger charge is 2.43. The first-order valence-corrected chi connectivity index (χ1v) is 6.60. The van der Waals surface area contributed by atoms with Crippen molar-refractivity contribution in [1.29, 1.82) is 0 Å². The fourth-order valence-electron chi connectivity index (χ4n) is 2.92. The lowest BCUT2D eigenvalue weighted by molar-refractivity contribution is 0.0996. The summed E-state index contributed by atoms with van der Waals surface area (Å²) in [5.41, 5.74) is 0. The first kappa shape index (κ1) is 10.0. The van der Waals surface area contributed by atoms with Gasteiger partial charge in [0, 0.05) is 6.04 Å². The van der Waals surface area contributed by atoms with Crippen molar-refractivity contribution in [3.8, 4) is 0 Å². The maximum absolute atomic E-state index is 5.82. The Balaban J connectivity index is 1.43. The second kappa shape index (κ2) is 3.78. The molecule has 0 radical (unpaired) electrons. The van der Waals surface area contributed by atoms with Crippen LogP contribution in [0.1, 0.15) is 49.7 Å². The molecule has 0 amide bonds. The van der Waals surface area contributed by atoms with E-state index in [9.17, 15) is 0 Å². The second-order valence-corrected chi connectivity index (χ2v) is 5.42. The van der Waals surface area contributed by atoms with Gasteiger partial charge in [-0.25, -0.2) is 0 Å². The predicted octanol–water partition coefficient (Wildman–Crippen LogP) is 1.36. The third kappa shape index (κ3) is 1.87. The minimum Gasteiger partial charge on any atom is -0.374 e. The zero-order chi connectivity index (χ0) is 11.2. The van der Waals surface area contributed by atoms with E-state index in [0.29, 0.717) is 30.7 Å². The summed E-state index contributed by atoms with van der Waals surface area (Å²) < 4.78 is 11.1. The zero-order valence-electron chi connectivity index (χ0n) is 9.76. The summed E-state index contributed by atoms with van der Waals surface area (Å²) in [6.45, 7) is 0.708. The van der Waals surface area contributed by atoms with Crippen LogP contribution in [0.3, 0.4) is 0 Å². The molecule has 3 unspecified atom stereocenters. The van der Waals surface area contributed by atoms with E-state index in [4.69, 9.17) is 9.26 Å². The van der Waals surface area contributed by atoms with Gasteiger partial charge in [-0.15, -0.1) is 0 Å². The van der Waals surface area contributed by atoms with E-state index < -0.39 is 0 Å². The zero-order valence-corrected chi connectivity index (χ0v) is 9.76. The first-order chi connectivity index (χ1) is 8.38. The SMILES string of the molecule is C(NC1CC1)c1nc(C2CC3CCC2O3)no1. The number of hydrogen-bond donors (Lipinski definition) is 1. The lowest BCUT2D eigenvalue weighted by Crippen LogP contribution is -2.17. The minimum atomic E-state index is 0.335. The average Bonchev–Trinajstić information content (AvgIpc) is 2.82. The molecule has 1 aromatic heterocycles. The van der Waals surface area contributed by atoms with E-state index in [-0.39, 0.29) is 0 Å². The van der Waals surface area contributed by atoms with E-state index in [0.717, 1.165) is 24.6 Å². The van der Waals surface area contributed by atoms with Crippen LogP contribution in [0.25, 0.3) is 0 Å². The van der Waals surface area contributed by atoms with Crippen LogP contribution in [0.2, 0.25) is 0 Å². The van der Waals surface area contributed by atoms with Gasteiger partial charge in [0.05, 0.1) is 24.7 Å². The van der Waals surface area contributed by atoms with E-state index >= 15 is 0 Å². The summed E-state index contributed by atoms with van der Waals surface area (Å²) in [6.07, 6.45) is 6.76. The molecule has 92 valence electrons. The van der Waals surface area contributed by atoms with Crippen LogP contribution >= 0.6 is 0 Å². The van der Waals surface area contributed by atoms with Gasteiger partial charge in [-0.3, -0.25) is 0 Å². The molecule has 3 aliphatic rings. The van der Waals surface area contributed by atoms with Crippen LogP contribution in [-0.4, -0.2) is 28.4 Å². The molecule has 1 aromatic rings. The molecule has 2 aliphatic heterocycles. The van der Waals surface area contributed by atoms with Crippen molar-refractivity contribution < 1.29 is 9.26 Å². The summed E-state index contributed by atoms with van der Waals surface area (Å²) in [7, 11) is 0. The van der Waals surface area contributed by atoms with Crippen molar-refractivity contribution in [1.82, 2.24) is 15.5 Å². The van der Waals surface area contributed by atoms with E-state index in [1.807, 2.05) is 0 Å². The number of fused-ring (bicyclic) bond motifs is 2. The Hall–Kier alpha value is -0.940. The lowest BCUT2D eigenvalue weighted by Gasteiger charge is -2.13. The highest BCUT2D eigenvalue weighted by molar-refractivity contribution is 5.06. The number of ether oxygens (including phenoxy) is 1. The Kier molecular flexibility index (Phi) is 2.23. The normalized spacial score (nSPS) is 35.6. The Labute approximate surface area is 99.9 Å². The molecular formula is C12H17N3O2. The Morgan fingerprint density at radius 1 is 1.24 bits per heavy atom. The monoisotopic (exact) mass is 235 g/mol. The van der Waals surface area contributed by atoms with E-state index in [2.05, 4.69) is 15.5 Å². The summed E-state index contributed by atoms with van der Waals surface area (Å²) in [4.78, 5) is 4.49. The van der Waals surface area contributed by atoms with Gasteiger partial charge in [-0.05, 0) is 32.1 Å². The lowest BCUT2D eigenvalue weighted by atomic mass is 9.89. The van der Waals surface area contributed by atoms with Crippen LogP contribution in [0.15, 0.2) is 4.52 Å². The van der Waals surface area contributed by atoms with Crippen molar-refractivity contribution in [3.63, 3.8) is 0 Å².